The Hall–Kier alpha value is -0.810. The third-order valence-corrected chi connectivity index (χ3v) is 2.78. The minimum Gasteiger partial charge on any atom is -0.409 e. The van der Waals surface area contributed by atoms with Gasteiger partial charge in [-0.25, -0.2) is 0 Å². The minimum absolute atomic E-state index is 0.0900. The van der Waals surface area contributed by atoms with Crippen LogP contribution in [0.4, 0.5) is 0 Å². The Labute approximate surface area is 84.3 Å². The van der Waals surface area contributed by atoms with Gasteiger partial charge in [-0.1, -0.05) is 5.16 Å². The van der Waals surface area contributed by atoms with Crippen molar-refractivity contribution in [2.45, 2.75) is 32.4 Å². The highest BCUT2D eigenvalue weighted by molar-refractivity contribution is 5.84. The van der Waals surface area contributed by atoms with E-state index in [1.165, 1.54) is 0 Å². The van der Waals surface area contributed by atoms with E-state index in [9.17, 15) is 0 Å². The van der Waals surface area contributed by atoms with Crippen LogP contribution in [-0.4, -0.2) is 36.3 Å². The lowest BCUT2D eigenvalue weighted by Crippen LogP contribution is -2.42. The molecule has 0 aromatic carbocycles. The van der Waals surface area contributed by atoms with Gasteiger partial charge in [-0.15, -0.1) is 0 Å². The second-order valence-corrected chi connectivity index (χ2v) is 3.78. The van der Waals surface area contributed by atoms with E-state index < -0.39 is 0 Å². The number of oxime groups is 1. The summed E-state index contributed by atoms with van der Waals surface area (Å²) in [6, 6.07) is -0.0900. The van der Waals surface area contributed by atoms with Crippen molar-refractivity contribution in [3.63, 3.8) is 0 Å². The SMILES string of the molecule is CC(NCC1CCOC1C)C(N)=NO. The molecule has 1 heterocycles. The number of hydrogen-bond donors (Lipinski definition) is 3. The quantitative estimate of drug-likeness (QED) is 0.261. The first-order valence-corrected chi connectivity index (χ1v) is 4.97. The molecular weight excluding hydrogens is 182 g/mol. The Balaban J connectivity index is 2.26. The van der Waals surface area contributed by atoms with E-state index in [1.54, 1.807) is 0 Å². The summed E-state index contributed by atoms with van der Waals surface area (Å²) < 4.78 is 5.43. The third kappa shape index (κ3) is 2.85. The standard InChI is InChI=1S/C9H19N3O2/c1-6(9(10)12-13)11-5-8-3-4-14-7(8)2/h6-8,11,13H,3-5H2,1-2H3,(H2,10,12). The number of hydrogen-bond acceptors (Lipinski definition) is 4. The summed E-state index contributed by atoms with van der Waals surface area (Å²) in [7, 11) is 0. The summed E-state index contributed by atoms with van der Waals surface area (Å²) in [4.78, 5) is 0. The number of nitrogens with two attached hydrogens (primary N) is 1. The molecule has 1 aliphatic heterocycles. The van der Waals surface area contributed by atoms with Gasteiger partial charge < -0.3 is 21.0 Å². The Morgan fingerprint density at radius 1 is 1.79 bits per heavy atom. The van der Waals surface area contributed by atoms with Gasteiger partial charge in [0, 0.05) is 13.2 Å². The van der Waals surface area contributed by atoms with Gasteiger partial charge in [-0.2, -0.15) is 0 Å². The molecule has 3 unspecified atom stereocenters. The Bertz CT molecular complexity index is 208. The highest BCUT2D eigenvalue weighted by Crippen LogP contribution is 2.19. The second kappa shape index (κ2) is 5.17. The molecule has 0 aromatic rings. The molecule has 0 aromatic heterocycles. The molecule has 5 nitrogen and oxygen atoms in total. The lowest BCUT2D eigenvalue weighted by molar-refractivity contribution is 0.105. The highest BCUT2D eigenvalue weighted by atomic mass is 16.5. The van der Waals surface area contributed by atoms with Crippen molar-refractivity contribution in [3.8, 4) is 0 Å². The summed E-state index contributed by atoms with van der Waals surface area (Å²) in [6.45, 7) is 5.63. The number of nitrogens with zero attached hydrogens (tertiary/aromatic N) is 1. The van der Waals surface area contributed by atoms with Crippen LogP contribution in [-0.2, 0) is 4.74 Å². The second-order valence-electron chi connectivity index (χ2n) is 3.78. The van der Waals surface area contributed by atoms with Crippen LogP contribution < -0.4 is 11.1 Å². The van der Waals surface area contributed by atoms with Gasteiger partial charge in [0.15, 0.2) is 5.84 Å². The van der Waals surface area contributed by atoms with Gasteiger partial charge in [-0.3, -0.25) is 0 Å². The maximum atomic E-state index is 8.45. The Morgan fingerprint density at radius 2 is 2.50 bits per heavy atom. The summed E-state index contributed by atoms with van der Waals surface area (Å²) >= 11 is 0. The number of nitrogens with one attached hydrogen (secondary N) is 1. The molecule has 1 fully saturated rings. The largest absolute Gasteiger partial charge is 0.409 e. The zero-order valence-corrected chi connectivity index (χ0v) is 8.73. The zero-order valence-electron chi connectivity index (χ0n) is 8.73. The molecule has 14 heavy (non-hydrogen) atoms. The van der Waals surface area contributed by atoms with Gasteiger partial charge in [-0.05, 0) is 26.2 Å². The van der Waals surface area contributed by atoms with Gasteiger partial charge in [0.2, 0.25) is 0 Å². The lowest BCUT2D eigenvalue weighted by atomic mass is 10.0. The monoisotopic (exact) mass is 201 g/mol. The number of amidine groups is 1. The number of rotatable bonds is 4. The van der Waals surface area contributed by atoms with Crippen LogP contribution in [0.3, 0.4) is 0 Å². The molecule has 0 radical (unpaired) electrons. The van der Waals surface area contributed by atoms with Crippen molar-refractivity contribution in [2.75, 3.05) is 13.2 Å². The molecular formula is C9H19N3O2. The van der Waals surface area contributed by atoms with Crippen molar-refractivity contribution in [3.05, 3.63) is 0 Å². The summed E-state index contributed by atoms with van der Waals surface area (Å²) in [5.74, 6) is 0.750. The van der Waals surface area contributed by atoms with E-state index in [0.717, 1.165) is 19.6 Å². The molecule has 3 atom stereocenters. The Morgan fingerprint density at radius 3 is 3.00 bits per heavy atom. The summed E-state index contributed by atoms with van der Waals surface area (Å²) in [5.41, 5.74) is 5.44. The minimum atomic E-state index is -0.0900. The van der Waals surface area contributed by atoms with Crippen LogP contribution in [0.15, 0.2) is 5.16 Å². The molecule has 82 valence electrons. The normalized spacial score (nSPS) is 30.6. The van der Waals surface area contributed by atoms with E-state index in [1.807, 2.05) is 6.92 Å². The lowest BCUT2D eigenvalue weighted by Gasteiger charge is -2.18. The van der Waals surface area contributed by atoms with Crippen molar-refractivity contribution >= 4 is 5.84 Å². The zero-order chi connectivity index (χ0) is 10.6. The van der Waals surface area contributed by atoms with Crippen molar-refractivity contribution in [2.24, 2.45) is 16.8 Å². The maximum absolute atomic E-state index is 8.45. The summed E-state index contributed by atoms with van der Waals surface area (Å²) in [6.07, 6.45) is 1.39. The number of ether oxygens (including phenoxy) is 1. The van der Waals surface area contributed by atoms with Gasteiger partial charge >= 0.3 is 0 Å². The molecule has 0 amide bonds. The van der Waals surface area contributed by atoms with Gasteiger partial charge in [0.25, 0.3) is 0 Å². The maximum Gasteiger partial charge on any atom is 0.156 e. The summed E-state index contributed by atoms with van der Waals surface area (Å²) in [5, 5.41) is 14.6. The molecule has 0 saturated carbocycles. The molecule has 1 saturated heterocycles. The predicted molar refractivity (Wildman–Crippen MR) is 54.4 cm³/mol. The van der Waals surface area contributed by atoms with Crippen LogP contribution in [0.5, 0.6) is 0 Å². The fourth-order valence-corrected chi connectivity index (χ4v) is 1.56. The van der Waals surface area contributed by atoms with Crippen LogP contribution in [0, 0.1) is 5.92 Å². The van der Waals surface area contributed by atoms with Crippen LogP contribution in [0.25, 0.3) is 0 Å². The van der Waals surface area contributed by atoms with Crippen LogP contribution >= 0.6 is 0 Å². The average Bonchev–Trinajstić information content (AvgIpc) is 2.59. The molecule has 5 heteroatoms. The molecule has 1 aliphatic rings. The smallest absolute Gasteiger partial charge is 0.156 e. The van der Waals surface area contributed by atoms with E-state index in [4.69, 9.17) is 15.7 Å². The first-order valence-electron chi connectivity index (χ1n) is 4.97. The molecule has 0 bridgehead atoms. The molecule has 0 aliphatic carbocycles. The fourth-order valence-electron chi connectivity index (χ4n) is 1.56. The van der Waals surface area contributed by atoms with E-state index in [-0.39, 0.29) is 11.9 Å². The highest BCUT2D eigenvalue weighted by Gasteiger charge is 2.24. The Kier molecular flexibility index (Phi) is 4.16. The first kappa shape index (κ1) is 11.3. The van der Waals surface area contributed by atoms with Crippen LogP contribution in [0.2, 0.25) is 0 Å². The van der Waals surface area contributed by atoms with E-state index in [0.29, 0.717) is 12.0 Å². The predicted octanol–water partition coefficient (Wildman–Crippen LogP) is 0.136. The van der Waals surface area contributed by atoms with Crippen molar-refractivity contribution < 1.29 is 9.94 Å². The molecule has 0 spiro atoms. The average molecular weight is 201 g/mol. The van der Waals surface area contributed by atoms with Gasteiger partial charge in [0.1, 0.15) is 0 Å². The third-order valence-electron chi connectivity index (χ3n) is 2.78. The van der Waals surface area contributed by atoms with E-state index in [2.05, 4.69) is 17.4 Å². The van der Waals surface area contributed by atoms with E-state index >= 15 is 0 Å². The first-order chi connectivity index (χ1) is 6.65. The van der Waals surface area contributed by atoms with Crippen molar-refractivity contribution in [1.29, 1.82) is 0 Å². The van der Waals surface area contributed by atoms with Crippen molar-refractivity contribution in [1.82, 2.24) is 5.32 Å². The topological polar surface area (TPSA) is 79.9 Å². The van der Waals surface area contributed by atoms with Crippen LogP contribution in [0.1, 0.15) is 20.3 Å². The molecule has 1 rings (SSSR count). The fraction of sp³-hybridized carbons (Fsp3) is 0.889. The molecule has 4 N–H and O–H groups in total. The van der Waals surface area contributed by atoms with Gasteiger partial charge in [0.05, 0.1) is 12.1 Å².